The van der Waals surface area contributed by atoms with Crippen molar-refractivity contribution >= 4 is 7.60 Å². The van der Waals surface area contributed by atoms with Crippen molar-refractivity contribution in [3.05, 3.63) is 0 Å². The van der Waals surface area contributed by atoms with Gasteiger partial charge in [-0.1, -0.05) is 49.1 Å². The van der Waals surface area contributed by atoms with E-state index in [2.05, 4.69) is 0 Å². The van der Waals surface area contributed by atoms with Crippen molar-refractivity contribution in [2.45, 2.75) is 59.5 Å². The molecule has 0 spiro atoms. The number of hydrogen-bond acceptors (Lipinski definition) is 3. The molecule has 0 unspecified atom stereocenters. The third-order valence-corrected chi connectivity index (χ3v) is 5.12. The zero-order valence-corrected chi connectivity index (χ0v) is 12.2. The normalized spacial score (nSPS) is 14.2. The second-order valence-electron chi connectivity index (χ2n) is 5.95. The van der Waals surface area contributed by atoms with Gasteiger partial charge in [0, 0.05) is 5.16 Å². The van der Waals surface area contributed by atoms with Gasteiger partial charge < -0.3 is 14.4 Å². The Balaban J connectivity index is 5.32. The van der Waals surface area contributed by atoms with Crippen LogP contribution in [0.3, 0.4) is 0 Å². The first-order valence-corrected chi connectivity index (χ1v) is 7.59. The average molecular weight is 248 g/mol. The van der Waals surface area contributed by atoms with Crippen LogP contribution in [0.25, 0.3) is 0 Å². The molecule has 0 aliphatic heterocycles. The molecule has 0 aliphatic rings. The fourth-order valence-corrected chi connectivity index (χ4v) is 4.32. The summed E-state index contributed by atoms with van der Waals surface area (Å²) in [7, 11) is -4.57. The summed E-state index contributed by atoms with van der Waals surface area (Å²) in [6.45, 7) is 11.5. The average Bonchev–Trinajstić information content (AvgIpc) is 1.97. The van der Waals surface area contributed by atoms with E-state index in [1.165, 1.54) is 0 Å². The van der Waals surface area contributed by atoms with Crippen LogP contribution >= 0.6 is 7.60 Å². The van der Waals surface area contributed by atoms with Crippen LogP contribution in [-0.2, 0) is 4.57 Å². The van der Waals surface area contributed by atoms with Gasteiger partial charge in [-0.3, -0.25) is 0 Å². The Morgan fingerprint density at radius 1 is 0.938 bits per heavy atom. The molecule has 0 aromatic carbocycles. The van der Waals surface area contributed by atoms with Gasteiger partial charge >= 0.3 is 0 Å². The Kier molecular flexibility index (Phi) is 5.71. The summed E-state index contributed by atoms with van der Waals surface area (Å²) in [6.07, 6.45) is 0.931. The van der Waals surface area contributed by atoms with Crippen molar-refractivity contribution in [3.63, 3.8) is 0 Å². The van der Waals surface area contributed by atoms with E-state index in [4.69, 9.17) is 0 Å². The molecule has 0 aliphatic carbocycles. The minimum Gasteiger partial charge on any atom is -0.810 e. The lowest BCUT2D eigenvalue weighted by Gasteiger charge is -2.54. The van der Waals surface area contributed by atoms with Gasteiger partial charge in [-0.2, -0.15) is 0 Å². The van der Waals surface area contributed by atoms with E-state index < -0.39 is 12.8 Å². The lowest BCUT2D eigenvalue weighted by molar-refractivity contribution is -0.323. The lowest BCUT2D eigenvalue weighted by atomic mass is 9.81. The molecule has 0 heterocycles. The summed E-state index contributed by atoms with van der Waals surface area (Å²) < 4.78 is 11.6. The monoisotopic (exact) mass is 248 g/mol. The first kappa shape index (κ1) is 16.1. The molecule has 0 aromatic rings. The fraction of sp³-hybridized carbons (Fsp3) is 1.00. The van der Waals surface area contributed by atoms with Crippen LogP contribution in [0.1, 0.15) is 54.4 Å². The van der Waals surface area contributed by atoms with Gasteiger partial charge in [0.25, 0.3) is 0 Å². The maximum absolute atomic E-state index is 11.6. The van der Waals surface area contributed by atoms with Crippen LogP contribution in [0.2, 0.25) is 0 Å². The van der Waals surface area contributed by atoms with E-state index in [-0.39, 0.29) is 17.8 Å². The first-order valence-electron chi connectivity index (χ1n) is 6.05. The zero-order valence-electron chi connectivity index (χ0n) is 11.3. The third-order valence-electron chi connectivity index (χ3n) is 3.14. The summed E-state index contributed by atoms with van der Waals surface area (Å²) in [6, 6.07) is 0. The largest absolute Gasteiger partial charge is 0.810 e. The molecule has 0 bridgehead atoms. The summed E-state index contributed by atoms with van der Waals surface area (Å²) >= 11 is 0. The minimum atomic E-state index is -4.57. The molecule has 0 fully saturated rings. The van der Waals surface area contributed by atoms with Gasteiger partial charge in [-0.15, -0.1) is 0 Å². The lowest BCUT2D eigenvalue weighted by Crippen LogP contribution is -2.45. The molecule has 0 radical (unpaired) electrons. The molecule has 98 valence electrons. The van der Waals surface area contributed by atoms with E-state index in [1.54, 1.807) is 0 Å². The molecule has 0 atom stereocenters. The van der Waals surface area contributed by atoms with Crippen molar-refractivity contribution in [2.24, 2.45) is 17.8 Å². The Hall–Kier alpha value is 0.150. The molecule has 3 nitrogen and oxygen atoms in total. The maximum Gasteiger partial charge on any atom is 0.000818 e. The molecular formula is C12H25O3P-2. The molecule has 0 saturated carbocycles. The Bertz CT molecular complexity index is 243. The highest BCUT2D eigenvalue weighted by Crippen LogP contribution is 2.55. The summed E-state index contributed by atoms with van der Waals surface area (Å²) in [4.78, 5) is 23.3. The third kappa shape index (κ3) is 3.87. The maximum atomic E-state index is 11.6. The smallest absolute Gasteiger partial charge is 0.000818 e. The second kappa shape index (κ2) is 5.66. The fourth-order valence-electron chi connectivity index (χ4n) is 2.51. The SMILES string of the molecule is CC(C)CC(CC(C)C)(C(C)C)P(=O)([O-])[O-]. The van der Waals surface area contributed by atoms with Crippen LogP contribution in [0.5, 0.6) is 0 Å². The van der Waals surface area contributed by atoms with Gasteiger partial charge in [-0.25, -0.2) is 0 Å². The Labute approximate surface area is 99.8 Å². The molecule has 0 saturated heterocycles. The van der Waals surface area contributed by atoms with E-state index in [9.17, 15) is 14.4 Å². The highest BCUT2D eigenvalue weighted by atomic mass is 31.2. The summed E-state index contributed by atoms with van der Waals surface area (Å²) in [5.74, 6) is 0.313. The van der Waals surface area contributed by atoms with Crippen molar-refractivity contribution in [3.8, 4) is 0 Å². The van der Waals surface area contributed by atoms with Crippen LogP contribution < -0.4 is 9.79 Å². The van der Waals surface area contributed by atoms with Crippen LogP contribution in [0.15, 0.2) is 0 Å². The van der Waals surface area contributed by atoms with Crippen molar-refractivity contribution in [1.29, 1.82) is 0 Å². The Morgan fingerprint density at radius 2 is 1.25 bits per heavy atom. The van der Waals surface area contributed by atoms with Crippen LogP contribution in [0, 0.1) is 17.8 Å². The van der Waals surface area contributed by atoms with Crippen LogP contribution in [0.4, 0.5) is 0 Å². The molecule has 0 amide bonds. The zero-order chi connectivity index (χ0) is 13.1. The number of rotatable bonds is 6. The molecule has 0 rings (SSSR count). The molecule has 16 heavy (non-hydrogen) atoms. The van der Waals surface area contributed by atoms with Gasteiger partial charge in [0.1, 0.15) is 0 Å². The predicted octanol–water partition coefficient (Wildman–Crippen LogP) is 2.39. The predicted molar refractivity (Wildman–Crippen MR) is 64.1 cm³/mol. The number of hydrogen-bond donors (Lipinski definition) is 0. The first-order chi connectivity index (χ1) is 7.03. The van der Waals surface area contributed by atoms with E-state index in [0.29, 0.717) is 12.8 Å². The van der Waals surface area contributed by atoms with Crippen molar-refractivity contribution in [1.82, 2.24) is 0 Å². The summed E-state index contributed by atoms with van der Waals surface area (Å²) in [5.41, 5.74) is 0. The van der Waals surface area contributed by atoms with Crippen molar-refractivity contribution < 1.29 is 14.4 Å². The van der Waals surface area contributed by atoms with Crippen LogP contribution in [-0.4, -0.2) is 5.16 Å². The molecule has 4 heteroatoms. The highest BCUT2D eigenvalue weighted by Gasteiger charge is 2.38. The van der Waals surface area contributed by atoms with E-state index in [1.807, 2.05) is 41.5 Å². The van der Waals surface area contributed by atoms with Gasteiger partial charge in [0.05, 0.1) is 0 Å². The second-order valence-corrected chi connectivity index (χ2v) is 7.84. The topological polar surface area (TPSA) is 63.2 Å². The summed E-state index contributed by atoms with van der Waals surface area (Å²) in [5, 5.41) is -1.07. The minimum absolute atomic E-state index is 0.127. The van der Waals surface area contributed by atoms with E-state index in [0.717, 1.165) is 0 Å². The highest BCUT2D eigenvalue weighted by molar-refractivity contribution is 7.50. The molecule has 0 N–H and O–H groups in total. The van der Waals surface area contributed by atoms with Gasteiger partial charge in [-0.05, 0) is 30.6 Å². The Morgan fingerprint density at radius 3 is 1.38 bits per heavy atom. The van der Waals surface area contributed by atoms with E-state index >= 15 is 0 Å². The van der Waals surface area contributed by atoms with Crippen molar-refractivity contribution in [2.75, 3.05) is 0 Å². The standard InChI is InChI=1S/C12H27O3P/c1-9(2)7-12(11(5)6,8-10(3)4)16(13,14)15/h9-11H,7-8H2,1-6H3,(H2,13,14,15)/p-2. The molecular weight excluding hydrogens is 223 g/mol. The quantitative estimate of drug-likeness (QED) is 0.678. The molecule has 0 aromatic heterocycles. The van der Waals surface area contributed by atoms with Gasteiger partial charge in [0.2, 0.25) is 0 Å². The van der Waals surface area contributed by atoms with Gasteiger partial charge in [0.15, 0.2) is 0 Å².